The van der Waals surface area contributed by atoms with Crippen LogP contribution in [0.5, 0.6) is 0 Å². The highest BCUT2D eigenvalue weighted by molar-refractivity contribution is 7.98. The normalized spacial score (nSPS) is 12.4. The number of carbonyl (C=O) groups excluding carboxylic acids is 1. The third-order valence-corrected chi connectivity index (χ3v) is 3.14. The summed E-state index contributed by atoms with van der Waals surface area (Å²) in [7, 11) is 1.67. The Morgan fingerprint density at radius 1 is 1.29 bits per heavy atom. The van der Waals surface area contributed by atoms with Crippen LogP contribution < -0.4 is 10.6 Å². The van der Waals surface area contributed by atoms with E-state index in [-0.39, 0.29) is 11.9 Å². The molecule has 17 heavy (non-hydrogen) atoms. The predicted molar refractivity (Wildman–Crippen MR) is 74.6 cm³/mol. The fourth-order valence-corrected chi connectivity index (χ4v) is 1.86. The number of ether oxygens (including phenoxy) is 1. The minimum absolute atomic E-state index is 0.0750. The van der Waals surface area contributed by atoms with Gasteiger partial charge in [-0.2, -0.15) is 11.8 Å². The molecule has 0 saturated carbocycles. The number of amides is 1. The van der Waals surface area contributed by atoms with Gasteiger partial charge in [-0.25, -0.2) is 0 Å². The van der Waals surface area contributed by atoms with Crippen molar-refractivity contribution in [1.82, 2.24) is 10.6 Å². The van der Waals surface area contributed by atoms with Gasteiger partial charge in [-0.05, 0) is 44.7 Å². The second-order valence-corrected chi connectivity index (χ2v) is 5.00. The van der Waals surface area contributed by atoms with Crippen LogP contribution in [-0.2, 0) is 9.53 Å². The number of unbranched alkanes of at least 4 members (excludes halogenated alkanes) is 1. The highest BCUT2D eigenvalue weighted by atomic mass is 32.2. The zero-order chi connectivity index (χ0) is 12.9. The zero-order valence-corrected chi connectivity index (χ0v) is 12.1. The Hall–Kier alpha value is -0.260. The minimum Gasteiger partial charge on any atom is -0.385 e. The van der Waals surface area contributed by atoms with Gasteiger partial charge in [-0.3, -0.25) is 4.79 Å². The van der Waals surface area contributed by atoms with Crippen LogP contribution in [0.2, 0.25) is 0 Å². The van der Waals surface area contributed by atoms with E-state index in [0.717, 1.165) is 19.4 Å². The lowest BCUT2D eigenvalue weighted by atomic mass is 10.2. The standard InChI is InChI=1S/C12H26N2O2S/c1-11(13-7-4-5-10-17-3)12(15)14-8-6-9-16-2/h11,13H,4-10H2,1-3H3,(H,14,15). The Labute approximate surface area is 109 Å². The topological polar surface area (TPSA) is 50.4 Å². The van der Waals surface area contributed by atoms with Crippen molar-refractivity contribution < 1.29 is 9.53 Å². The lowest BCUT2D eigenvalue weighted by Crippen LogP contribution is -2.42. The first kappa shape index (κ1) is 16.7. The Kier molecular flexibility index (Phi) is 12.0. The number of rotatable bonds is 11. The van der Waals surface area contributed by atoms with E-state index in [1.165, 1.54) is 12.2 Å². The summed E-state index contributed by atoms with van der Waals surface area (Å²) in [6, 6.07) is -0.105. The van der Waals surface area contributed by atoms with Crippen molar-refractivity contribution in [1.29, 1.82) is 0 Å². The average molecular weight is 262 g/mol. The van der Waals surface area contributed by atoms with Crippen LogP contribution >= 0.6 is 11.8 Å². The fourth-order valence-electron chi connectivity index (χ4n) is 1.36. The van der Waals surface area contributed by atoms with E-state index in [9.17, 15) is 4.79 Å². The summed E-state index contributed by atoms with van der Waals surface area (Å²) in [6.07, 6.45) is 5.31. The molecule has 0 saturated heterocycles. The van der Waals surface area contributed by atoms with Crippen molar-refractivity contribution in [3.63, 3.8) is 0 Å². The third-order valence-electron chi connectivity index (χ3n) is 2.44. The van der Waals surface area contributed by atoms with Gasteiger partial charge in [-0.1, -0.05) is 0 Å². The number of hydrogen-bond acceptors (Lipinski definition) is 4. The van der Waals surface area contributed by atoms with Crippen molar-refractivity contribution in [2.24, 2.45) is 0 Å². The Bertz CT molecular complexity index is 191. The van der Waals surface area contributed by atoms with Crippen LogP contribution in [0.1, 0.15) is 26.2 Å². The Balaban J connectivity index is 3.40. The highest BCUT2D eigenvalue weighted by Gasteiger charge is 2.10. The highest BCUT2D eigenvalue weighted by Crippen LogP contribution is 1.98. The molecular weight excluding hydrogens is 236 g/mol. The molecule has 0 aliphatic heterocycles. The van der Waals surface area contributed by atoms with Crippen LogP contribution in [-0.4, -0.2) is 50.8 Å². The van der Waals surface area contributed by atoms with E-state index in [2.05, 4.69) is 16.9 Å². The number of carbonyl (C=O) groups is 1. The summed E-state index contributed by atoms with van der Waals surface area (Å²) in [5.41, 5.74) is 0. The fraction of sp³-hybridized carbons (Fsp3) is 0.917. The van der Waals surface area contributed by atoms with Gasteiger partial charge in [-0.15, -0.1) is 0 Å². The average Bonchev–Trinajstić information content (AvgIpc) is 2.34. The van der Waals surface area contributed by atoms with Gasteiger partial charge in [0.15, 0.2) is 0 Å². The number of methoxy groups -OCH3 is 1. The molecule has 0 bridgehead atoms. The molecule has 4 nitrogen and oxygen atoms in total. The molecule has 2 N–H and O–H groups in total. The van der Waals surface area contributed by atoms with E-state index in [4.69, 9.17) is 4.74 Å². The molecule has 0 heterocycles. The summed E-state index contributed by atoms with van der Waals surface area (Å²) in [5.74, 6) is 1.27. The third kappa shape index (κ3) is 10.6. The van der Waals surface area contributed by atoms with Crippen molar-refractivity contribution in [2.75, 3.05) is 38.8 Å². The van der Waals surface area contributed by atoms with Crippen molar-refractivity contribution >= 4 is 17.7 Å². The molecule has 0 aromatic carbocycles. The molecule has 0 fully saturated rings. The number of hydrogen-bond donors (Lipinski definition) is 2. The first-order valence-corrected chi connectivity index (χ1v) is 7.60. The summed E-state index contributed by atoms with van der Waals surface area (Å²) in [4.78, 5) is 11.6. The van der Waals surface area contributed by atoms with Gasteiger partial charge >= 0.3 is 0 Å². The van der Waals surface area contributed by atoms with E-state index in [1.54, 1.807) is 7.11 Å². The maximum Gasteiger partial charge on any atom is 0.236 e. The zero-order valence-electron chi connectivity index (χ0n) is 11.3. The second-order valence-electron chi connectivity index (χ2n) is 4.01. The molecule has 0 rings (SSSR count). The number of nitrogens with one attached hydrogen (secondary N) is 2. The van der Waals surface area contributed by atoms with Gasteiger partial charge < -0.3 is 15.4 Å². The van der Waals surface area contributed by atoms with Crippen molar-refractivity contribution in [2.45, 2.75) is 32.2 Å². The van der Waals surface area contributed by atoms with Crippen LogP contribution in [0, 0.1) is 0 Å². The summed E-state index contributed by atoms with van der Waals surface area (Å²) in [6.45, 7) is 4.19. The molecule has 1 amide bonds. The first-order valence-electron chi connectivity index (χ1n) is 6.21. The Morgan fingerprint density at radius 2 is 2.06 bits per heavy atom. The van der Waals surface area contributed by atoms with Gasteiger partial charge in [0.05, 0.1) is 6.04 Å². The molecule has 0 aromatic rings. The smallest absolute Gasteiger partial charge is 0.236 e. The quantitative estimate of drug-likeness (QED) is 0.550. The maximum atomic E-state index is 11.6. The number of thioether (sulfide) groups is 1. The van der Waals surface area contributed by atoms with E-state index in [0.29, 0.717) is 13.2 Å². The van der Waals surface area contributed by atoms with Crippen LogP contribution in [0.15, 0.2) is 0 Å². The van der Waals surface area contributed by atoms with Crippen LogP contribution in [0.4, 0.5) is 0 Å². The molecule has 1 atom stereocenters. The molecule has 0 aliphatic rings. The first-order chi connectivity index (χ1) is 8.22. The molecule has 1 unspecified atom stereocenters. The molecule has 0 spiro atoms. The Morgan fingerprint density at radius 3 is 2.71 bits per heavy atom. The largest absolute Gasteiger partial charge is 0.385 e. The second kappa shape index (κ2) is 12.2. The van der Waals surface area contributed by atoms with E-state index in [1.807, 2.05) is 18.7 Å². The van der Waals surface area contributed by atoms with Gasteiger partial charge in [0.1, 0.15) is 0 Å². The summed E-state index contributed by atoms with van der Waals surface area (Å²) < 4.78 is 4.92. The summed E-state index contributed by atoms with van der Waals surface area (Å²) >= 11 is 1.86. The predicted octanol–water partition coefficient (Wildman–Crippen LogP) is 1.26. The molecule has 0 aromatic heterocycles. The monoisotopic (exact) mass is 262 g/mol. The van der Waals surface area contributed by atoms with Gasteiger partial charge in [0.25, 0.3) is 0 Å². The van der Waals surface area contributed by atoms with Crippen LogP contribution in [0.25, 0.3) is 0 Å². The van der Waals surface area contributed by atoms with E-state index < -0.39 is 0 Å². The van der Waals surface area contributed by atoms with Crippen LogP contribution in [0.3, 0.4) is 0 Å². The minimum atomic E-state index is -0.105. The summed E-state index contributed by atoms with van der Waals surface area (Å²) in [5, 5.41) is 6.11. The lowest BCUT2D eigenvalue weighted by Gasteiger charge is -2.13. The maximum absolute atomic E-state index is 11.6. The SMILES string of the molecule is COCCCNC(=O)C(C)NCCCCSC. The van der Waals surface area contributed by atoms with Crippen molar-refractivity contribution in [3.8, 4) is 0 Å². The van der Waals surface area contributed by atoms with E-state index >= 15 is 0 Å². The molecule has 0 radical (unpaired) electrons. The molecule has 5 heteroatoms. The van der Waals surface area contributed by atoms with Gasteiger partial charge in [0.2, 0.25) is 5.91 Å². The van der Waals surface area contributed by atoms with Crippen molar-refractivity contribution in [3.05, 3.63) is 0 Å². The lowest BCUT2D eigenvalue weighted by molar-refractivity contribution is -0.122. The van der Waals surface area contributed by atoms with Gasteiger partial charge in [0, 0.05) is 20.3 Å². The molecular formula is C12H26N2O2S. The molecule has 102 valence electrons. The molecule has 0 aliphatic carbocycles.